The van der Waals surface area contributed by atoms with Crippen molar-refractivity contribution in [2.45, 2.75) is 20.0 Å². The Morgan fingerprint density at radius 2 is 2.08 bits per heavy atom. The molecule has 2 aromatic heterocycles. The van der Waals surface area contributed by atoms with Crippen LogP contribution in [0.3, 0.4) is 0 Å². The smallest absolute Gasteiger partial charge is 0.337 e. The van der Waals surface area contributed by atoms with E-state index in [1.165, 1.54) is 0 Å². The molecule has 0 atom stereocenters. The second-order valence-electron chi connectivity index (χ2n) is 6.38. The highest BCUT2D eigenvalue weighted by Gasteiger charge is 2.16. The third kappa shape index (κ3) is 3.09. The average molecular weight is 355 g/mol. The van der Waals surface area contributed by atoms with E-state index in [1.807, 2.05) is 35.9 Å². The fraction of sp³-hybridized carbons (Fsp3) is 0.389. The number of carbonyl (C=O) groups is 1. The van der Waals surface area contributed by atoms with Gasteiger partial charge in [-0.2, -0.15) is 0 Å². The van der Waals surface area contributed by atoms with Gasteiger partial charge in [-0.15, -0.1) is 5.10 Å². The predicted molar refractivity (Wildman–Crippen MR) is 95.6 cm³/mol. The zero-order valence-electron chi connectivity index (χ0n) is 14.6. The molecule has 8 nitrogen and oxygen atoms in total. The zero-order valence-corrected chi connectivity index (χ0v) is 14.6. The number of hydrogen-bond acceptors (Lipinski definition) is 5. The normalized spacial score (nSPS) is 15.6. The van der Waals surface area contributed by atoms with Crippen molar-refractivity contribution >= 4 is 16.9 Å². The van der Waals surface area contributed by atoms with E-state index in [0.29, 0.717) is 10.9 Å². The summed E-state index contributed by atoms with van der Waals surface area (Å²) >= 11 is 0. The van der Waals surface area contributed by atoms with Crippen molar-refractivity contribution in [3.8, 4) is 5.69 Å². The van der Waals surface area contributed by atoms with Crippen molar-refractivity contribution < 1.29 is 14.6 Å². The number of ether oxygens (including phenoxy) is 1. The quantitative estimate of drug-likeness (QED) is 0.751. The Morgan fingerprint density at radius 1 is 1.27 bits per heavy atom. The monoisotopic (exact) mass is 355 g/mol. The number of aryl methyl sites for hydroxylation is 1. The van der Waals surface area contributed by atoms with Crippen molar-refractivity contribution in [3.05, 3.63) is 41.9 Å². The SMILES string of the molecule is CCn1cc(C(=O)O)c2cc(-n3cc(CN4CCOCC4)nn3)ccc21. The molecule has 0 radical (unpaired) electrons. The molecule has 1 saturated heterocycles. The summed E-state index contributed by atoms with van der Waals surface area (Å²) in [5.74, 6) is -0.925. The van der Waals surface area contributed by atoms with Crippen LogP contribution in [0.25, 0.3) is 16.6 Å². The Hall–Kier alpha value is -2.71. The summed E-state index contributed by atoms with van der Waals surface area (Å²) in [4.78, 5) is 13.8. The van der Waals surface area contributed by atoms with Crippen molar-refractivity contribution in [1.29, 1.82) is 0 Å². The Bertz CT molecular complexity index is 940. The van der Waals surface area contributed by atoms with Crippen LogP contribution in [-0.4, -0.2) is 61.8 Å². The molecule has 0 bridgehead atoms. The first-order valence-electron chi connectivity index (χ1n) is 8.73. The first-order valence-corrected chi connectivity index (χ1v) is 8.73. The minimum Gasteiger partial charge on any atom is -0.478 e. The van der Waals surface area contributed by atoms with Gasteiger partial charge in [-0.05, 0) is 25.1 Å². The number of rotatable bonds is 5. The standard InChI is InChI=1S/C18H21N5O3/c1-2-22-12-16(18(24)25)15-9-14(3-4-17(15)22)23-11-13(19-20-23)10-21-5-7-26-8-6-21/h3-4,9,11-12H,2,5-8,10H2,1H3,(H,24,25). The van der Waals surface area contributed by atoms with Gasteiger partial charge in [-0.3, -0.25) is 4.90 Å². The summed E-state index contributed by atoms with van der Waals surface area (Å²) in [6.07, 6.45) is 3.58. The lowest BCUT2D eigenvalue weighted by Crippen LogP contribution is -2.35. The molecule has 136 valence electrons. The van der Waals surface area contributed by atoms with Gasteiger partial charge >= 0.3 is 5.97 Å². The molecule has 1 N–H and O–H groups in total. The van der Waals surface area contributed by atoms with E-state index >= 15 is 0 Å². The van der Waals surface area contributed by atoms with Gasteiger partial charge in [-0.25, -0.2) is 9.48 Å². The van der Waals surface area contributed by atoms with Gasteiger partial charge in [0.25, 0.3) is 0 Å². The molecule has 3 aromatic rings. The van der Waals surface area contributed by atoms with Crippen LogP contribution in [0.2, 0.25) is 0 Å². The molecule has 0 aliphatic carbocycles. The van der Waals surface area contributed by atoms with Crippen LogP contribution in [-0.2, 0) is 17.8 Å². The lowest BCUT2D eigenvalue weighted by atomic mass is 10.1. The van der Waals surface area contributed by atoms with Crippen molar-refractivity contribution in [2.75, 3.05) is 26.3 Å². The van der Waals surface area contributed by atoms with E-state index in [2.05, 4.69) is 15.2 Å². The third-order valence-electron chi connectivity index (χ3n) is 4.73. The number of carboxylic acid groups (broad SMARTS) is 1. The second kappa shape index (κ2) is 6.89. The van der Waals surface area contributed by atoms with Gasteiger partial charge in [0.05, 0.1) is 36.4 Å². The molecule has 0 saturated carbocycles. The number of hydrogen-bond donors (Lipinski definition) is 1. The first kappa shape index (κ1) is 16.7. The summed E-state index contributed by atoms with van der Waals surface area (Å²) in [7, 11) is 0. The summed E-state index contributed by atoms with van der Waals surface area (Å²) in [5, 5.41) is 18.7. The van der Waals surface area contributed by atoms with Crippen LogP contribution in [0.5, 0.6) is 0 Å². The first-order chi connectivity index (χ1) is 12.7. The number of nitrogens with zero attached hydrogens (tertiary/aromatic N) is 5. The minimum absolute atomic E-state index is 0.303. The molecule has 0 spiro atoms. The maximum atomic E-state index is 11.6. The summed E-state index contributed by atoms with van der Waals surface area (Å²) < 4.78 is 9.00. The maximum Gasteiger partial charge on any atom is 0.337 e. The van der Waals surface area contributed by atoms with Gasteiger partial charge in [-0.1, -0.05) is 5.21 Å². The zero-order chi connectivity index (χ0) is 18.1. The average Bonchev–Trinajstić information content (AvgIpc) is 3.26. The van der Waals surface area contributed by atoms with E-state index in [1.54, 1.807) is 10.9 Å². The number of benzene rings is 1. The highest BCUT2D eigenvalue weighted by atomic mass is 16.5. The number of morpholine rings is 1. The van der Waals surface area contributed by atoms with E-state index < -0.39 is 5.97 Å². The predicted octanol–water partition coefficient (Wildman–Crippen LogP) is 1.77. The maximum absolute atomic E-state index is 11.6. The van der Waals surface area contributed by atoms with E-state index in [4.69, 9.17) is 4.74 Å². The van der Waals surface area contributed by atoms with Crippen LogP contribution in [0.1, 0.15) is 23.0 Å². The number of aromatic carboxylic acids is 1. The Labute approximate surface area is 150 Å². The molecular weight excluding hydrogens is 334 g/mol. The Kier molecular flexibility index (Phi) is 4.44. The lowest BCUT2D eigenvalue weighted by Gasteiger charge is -2.25. The molecule has 1 aliphatic rings. The lowest BCUT2D eigenvalue weighted by molar-refractivity contribution is 0.0336. The van der Waals surface area contributed by atoms with Gasteiger partial charge in [0.15, 0.2) is 0 Å². The molecule has 1 aliphatic heterocycles. The van der Waals surface area contributed by atoms with E-state index in [0.717, 1.165) is 56.3 Å². The van der Waals surface area contributed by atoms with Crippen LogP contribution in [0, 0.1) is 0 Å². The van der Waals surface area contributed by atoms with Gasteiger partial charge in [0.1, 0.15) is 0 Å². The van der Waals surface area contributed by atoms with Crippen molar-refractivity contribution in [3.63, 3.8) is 0 Å². The van der Waals surface area contributed by atoms with E-state index in [9.17, 15) is 9.90 Å². The van der Waals surface area contributed by atoms with Crippen LogP contribution < -0.4 is 0 Å². The number of carboxylic acids is 1. The van der Waals surface area contributed by atoms with Crippen molar-refractivity contribution in [2.24, 2.45) is 0 Å². The highest BCUT2D eigenvalue weighted by Crippen LogP contribution is 2.24. The molecule has 1 aromatic carbocycles. The fourth-order valence-electron chi connectivity index (χ4n) is 3.35. The minimum atomic E-state index is -0.925. The second-order valence-corrected chi connectivity index (χ2v) is 6.38. The molecular formula is C18H21N5O3. The molecule has 1 fully saturated rings. The molecule has 4 rings (SSSR count). The molecule has 3 heterocycles. The van der Waals surface area contributed by atoms with Crippen molar-refractivity contribution in [1.82, 2.24) is 24.5 Å². The van der Waals surface area contributed by atoms with Gasteiger partial charge in [0.2, 0.25) is 0 Å². The molecule has 8 heteroatoms. The molecule has 26 heavy (non-hydrogen) atoms. The Balaban J connectivity index is 1.64. The third-order valence-corrected chi connectivity index (χ3v) is 4.73. The number of aromatic nitrogens is 4. The van der Waals surface area contributed by atoms with E-state index in [-0.39, 0.29) is 0 Å². The number of fused-ring (bicyclic) bond motifs is 1. The van der Waals surface area contributed by atoms with Gasteiger partial charge in [0, 0.05) is 43.3 Å². The largest absolute Gasteiger partial charge is 0.478 e. The summed E-state index contributed by atoms with van der Waals surface area (Å²) in [5.41, 5.74) is 2.89. The van der Waals surface area contributed by atoms with Crippen LogP contribution >= 0.6 is 0 Å². The van der Waals surface area contributed by atoms with Crippen LogP contribution in [0.15, 0.2) is 30.6 Å². The van der Waals surface area contributed by atoms with Crippen LogP contribution in [0.4, 0.5) is 0 Å². The summed E-state index contributed by atoms with van der Waals surface area (Å²) in [6, 6.07) is 5.73. The topological polar surface area (TPSA) is 85.4 Å². The molecule has 0 unspecified atom stereocenters. The molecule has 0 amide bonds. The fourth-order valence-corrected chi connectivity index (χ4v) is 3.35. The Morgan fingerprint density at radius 3 is 2.81 bits per heavy atom. The van der Waals surface area contributed by atoms with Gasteiger partial charge < -0.3 is 14.4 Å². The highest BCUT2D eigenvalue weighted by molar-refractivity contribution is 6.04. The summed E-state index contributed by atoms with van der Waals surface area (Å²) in [6.45, 7) is 6.73.